The summed E-state index contributed by atoms with van der Waals surface area (Å²) >= 11 is 0. The SMILES string of the molecule is C=CC(=O)OCCCCCCOc1ccc(C(=O)Oc2ccc(OC(=O)c3ccc(OC(=O)c4ccc(OCCCCCCO)cc4)cc3)cc2)cc1.CC. The molecule has 0 saturated carbocycles. The van der Waals surface area contributed by atoms with E-state index in [-0.39, 0.29) is 29.4 Å². The third-order valence-electron chi connectivity index (χ3n) is 7.77. The zero-order valence-electron chi connectivity index (χ0n) is 31.5. The predicted octanol–water partition coefficient (Wildman–Crippen LogP) is 8.97. The lowest BCUT2D eigenvalue weighted by Gasteiger charge is -2.09. The highest BCUT2D eigenvalue weighted by Gasteiger charge is 2.14. The van der Waals surface area contributed by atoms with E-state index in [2.05, 4.69) is 6.58 Å². The Labute approximate surface area is 322 Å². The van der Waals surface area contributed by atoms with Gasteiger partial charge in [-0.2, -0.15) is 0 Å². The maximum atomic E-state index is 12.7. The minimum Gasteiger partial charge on any atom is -0.494 e. The number of carbonyl (C=O) groups is 4. The summed E-state index contributed by atoms with van der Waals surface area (Å²) in [5.41, 5.74) is 0.939. The molecular weight excluding hydrogens is 704 g/mol. The quantitative estimate of drug-likeness (QED) is 0.0355. The Hall–Kier alpha value is -5.94. The number of esters is 4. The smallest absolute Gasteiger partial charge is 0.343 e. The van der Waals surface area contributed by atoms with Gasteiger partial charge in [0.2, 0.25) is 0 Å². The minimum absolute atomic E-state index is 0.203. The number of carbonyl (C=O) groups excluding carboxylic acids is 4. The van der Waals surface area contributed by atoms with Gasteiger partial charge in [0.25, 0.3) is 0 Å². The summed E-state index contributed by atoms with van der Waals surface area (Å²) < 4.78 is 32.7. The number of benzene rings is 4. The Bertz CT molecular complexity index is 1750. The van der Waals surface area contributed by atoms with Crippen molar-refractivity contribution in [2.45, 2.75) is 65.2 Å². The second-order valence-corrected chi connectivity index (χ2v) is 11.8. The highest BCUT2D eigenvalue weighted by molar-refractivity contribution is 5.93. The van der Waals surface area contributed by atoms with Gasteiger partial charge in [0, 0.05) is 12.7 Å². The molecule has 55 heavy (non-hydrogen) atoms. The third-order valence-corrected chi connectivity index (χ3v) is 7.77. The molecule has 4 rings (SSSR count). The van der Waals surface area contributed by atoms with Crippen LogP contribution in [0.25, 0.3) is 0 Å². The van der Waals surface area contributed by atoms with E-state index in [1.165, 1.54) is 48.5 Å². The standard InChI is InChI=1S/C42H44O11.C2H6/c1-2-39(44)50-30-10-6-5-9-29-49-35-19-13-32(14-20-35)41(46)52-37-23-25-38(26-24-37)53-42(47)33-15-21-36(22-16-33)51-40(45)31-11-17-34(18-12-31)48-28-8-4-3-7-27-43;1-2/h2,11-26,43H,1,3-10,27-30H2;1-2H3. The van der Waals surface area contributed by atoms with Gasteiger partial charge in [-0.1, -0.05) is 26.8 Å². The molecule has 4 aromatic rings. The summed E-state index contributed by atoms with van der Waals surface area (Å²) in [4.78, 5) is 49.0. The number of rotatable bonds is 22. The molecular formula is C44H50O11. The molecule has 0 aromatic heterocycles. The molecule has 0 heterocycles. The largest absolute Gasteiger partial charge is 0.494 e. The fourth-order valence-electron chi connectivity index (χ4n) is 4.84. The van der Waals surface area contributed by atoms with Gasteiger partial charge in [-0.25, -0.2) is 19.2 Å². The van der Waals surface area contributed by atoms with E-state index in [9.17, 15) is 19.2 Å². The molecule has 4 aromatic carbocycles. The normalized spacial score (nSPS) is 10.2. The van der Waals surface area contributed by atoms with E-state index >= 15 is 0 Å². The number of ether oxygens (including phenoxy) is 6. The van der Waals surface area contributed by atoms with Crippen molar-refractivity contribution in [2.24, 2.45) is 0 Å². The van der Waals surface area contributed by atoms with Crippen molar-refractivity contribution in [3.63, 3.8) is 0 Å². The van der Waals surface area contributed by atoms with Crippen LogP contribution in [0, 0.1) is 0 Å². The number of aliphatic hydroxyl groups excluding tert-OH is 1. The van der Waals surface area contributed by atoms with Gasteiger partial charge < -0.3 is 33.5 Å². The number of aliphatic hydroxyl groups is 1. The molecule has 0 unspecified atom stereocenters. The highest BCUT2D eigenvalue weighted by Crippen LogP contribution is 2.22. The van der Waals surface area contributed by atoms with E-state index in [0.717, 1.165) is 57.4 Å². The molecule has 0 radical (unpaired) electrons. The van der Waals surface area contributed by atoms with Crippen LogP contribution in [0.15, 0.2) is 110 Å². The second kappa shape index (κ2) is 25.1. The Balaban J connectivity index is 0.00000399. The van der Waals surface area contributed by atoms with Crippen LogP contribution in [0.2, 0.25) is 0 Å². The summed E-state index contributed by atoms with van der Waals surface area (Å²) in [6.45, 7) is 9.02. The zero-order valence-corrected chi connectivity index (χ0v) is 31.5. The molecule has 0 spiro atoms. The van der Waals surface area contributed by atoms with Gasteiger partial charge in [-0.15, -0.1) is 0 Å². The molecule has 11 nitrogen and oxygen atoms in total. The van der Waals surface area contributed by atoms with E-state index in [1.54, 1.807) is 48.5 Å². The summed E-state index contributed by atoms with van der Waals surface area (Å²) in [5.74, 6) is -0.0727. The summed E-state index contributed by atoms with van der Waals surface area (Å²) in [7, 11) is 0. The van der Waals surface area contributed by atoms with E-state index in [1.807, 2.05) is 13.8 Å². The molecule has 11 heteroatoms. The first kappa shape index (κ1) is 43.5. The van der Waals surface area contributed by atoms with Gasteiger partial charge >= 0.3 is 23.9 Å². The fourth-order valence-corrected chi connectivity index (χ4v) is 4.84. The lowest BCUT2D eigenvalue weighted by atomic mass is 10.2. The van der Waals surface area contributed by atoms with Crippen LogP contribution in [0.3, 0.4) is 0 Å². The van der Waals surface area contributed by atoms with Crippen molar-refractivity contribution >= 4 is 23.9 Å². The zero-order chi connectivity index (χ0) is 39.7. The third kappa shape index (κ3) is 16.3. The van der Waals surface area contributed by atoms with E-state index < -0.39 is 23.9 Å². The summed E-state index contributed by atoms with van der Waals surface area (Å²) in [6.07, 6.45) is 8.24. The van der Waals surface area contributed by atoms with Crippen LogP contribution in [0.4, 0.5) is 0 Å². The Morgan fingerprint density at radius 2 is 0.782 bits per heavy atom. The Morgan fingerprint density at radius 1 is 0.473 bits per heavy atom. The molecule has 0 amide bonds. The maximum Gasteiger partial charge on any atom is 0.343 e. The number of unbranched alkanes of at least 4 members (excludes halogenated alkanes) is 6. The number of hydrogen-bond acceptors (Lipinski definition) is 11. The van der Waals surface area contributed by atoms with Crippen LogP contribution in [0.5, 0.6) is 28.7 Å². The summed E-state index contributed by atoms with van der Waals surface area (Å²) in [6, 6.07) is 25.3. The topological polar surface area (TPSA) is 144 Å². The molecule has 0 atom stereocenters. The van der Waals surface area contributed by atoms with Crippen molar-refractivity contribution in [3.05, 3.63) is 126 Å². The first-order chi connectivity index (χ1) is 26.8. The van der Waals surface area contributed by atoms with Gasteiger partial charge in [0.05, 0.1) is 36.5 Å². The molecule has 0 aliphatic rings. The first-order valence-electron chi connectivity index (χ1n) is 18.6. The molecule has 0 fully saturated rings. The van der Waals surface area contributed by atoms with Crippen molar-refractivity contribution in [3.8, 4) is 28.7 Å². The van der Waals surface area contributed by atoms with Gasteiger partial charge in [0.1, 0.15) is 28.7 Å². The van der Waals surface area contributed by atoms with Gasteiger partial charge in [-0.05, 0) is 142 Å². The molecule has 0 aliphatic carbocycles. The monoisotopic (exact) mass is 754 g/mol. The Morgan fingerprint density at radius 3 is 1.13 bits per heavy atom. The average Bonchev–Trinajstić information content (AvgIpc) is 3.22. The minimum atomic E-state index is -0.620. The number of hydrogen-bond donors (Lipinski definition) is 1. The summed E-state index contributed by atoms with van der Waals surface area (Å²) in [5, 5.41) is 8.83. The van der Waals surface area contributed by atoms with Crippen LogP contribution in [-0.4, -0.2) is 55.4 Å². The van der Waals surface area contributed by atoms with Crippen LogP contribution in [-0.2, 0) is 9.53 Å². The van der Waals surface area contributed by atoms with Crippen LogP contribution >= 0.6 is 0 Å². The fraction of sp³-hybridized carbons (Fsp3) is 0.318. The molecule has 1 N–H and O–H groups in total. The molecule has 0 saturated heterocycles. The van der Waals surface area contributed by atoms with E-state index in [4.69, 9.17) is 33.5 Å². The van der Waals surface area contributed by atoms with Crippen molar-refractivity contribution < 1.29 is 52.7 Å². The lowest BCUT2D eigenvalue weighted by molar-refractivity contribution is -0.137. The van der Waals surface area contributed by atoms with Crippen molar-refractivity contribution in [1.29, 1.82) is 0 Å². The lowest BCUT2D eigenvalue weighted by Crippen LogP contribution is -2.10. The average molecular weight is 755 g/mol. The Kier molecular flexibility index (Phi) is 19.9. The molecule has 292 valence electrons. The first-order valence-corrected chi connectivity index (χ1v) is 18.6. The van der Waals surface area contributed by atoms with Gasteiger partial charge in [-0.3, -0.25) is 0 Å². The predicted molar refractivity (Wildman–Crippen MR) is 208 cm³/mol. The van der Waals surface area contributed by atoms with Crippen molar-refractivity contribution in [1.82, 2.24) is 0 Å². The molecule has 0 aliphatic heterocycles. The molecule has 0 bridgehead atoms. The van der Waals surface area contributed by atoms with Crippen molar-refractivity contribution in [2.75, 3.05) is 26.4 Å². The van der Waals surface area contributed by atoms with E-state index in [0.29, 0.717) is 42.4 Å². The van der Waals surface area contributed by atoms with Gasteiger partial charge in [0.15, 0.2) is 0 Å². The second-order valence-electron chi connectivity index (χ2n) is 11.8. The highest BCUT2D eigenvalue weighted by atomic mass is 16.5. The maximum absolute atomic E-state index is 12.7. The van der Waals surface area contributed by atoms with Crippen LogP contribution in [0.1, 0.15) is 96.3 Å². The van der Waals surface area contributed by atoms with Crippen LogP contribution < -0.4 is 23.7 Å².